The van der Waals surface area contributed by atoms with E-state index in [1.165, 1.54) is 49.8 Å². The van der Waals surface area contributed by atoms with Crippen molar-refractivity contribution in [3.8, 4) is 0 Å². The topological polar surface area (TPSA) is 137 Å². The normalized spacial score (nSPS) is 13.0. The highest BCUT2D eigenvalue weighted by atomic mass is 32.2. The molecule has 0 saturated heterocycles. The van der Waals surface area contributed by atoms with Crippen molar-refractivity contribution in [1.29, 1.82) is 0 Å². The summed E-state index contributed by atoms with van der Waals surface area (Å²) in [4.78, 5) is 23.4. The molecule has 0 bridgehead atoms. The molecule has 0 saturated carbocycles. The summed E-state index contributed by atoms with van der Waals surface area (Å²) in [7, 11) is 0.855. The van der Waals surface area contributed by atoms with Crippen LogP contribution in [0.5, 0.6) is 0 Å². The van der Waals surface area contributed by atoms with Gasteiger partial charge in [-0.2, -0.15) is 0 Å². The number of amides is 1. The third-order valence-corrected chi connectivity index (χ3v) is 6.40. The van der Waals surface area contributed by atoms with Gasteiger partial charge in [-0.05, 0) is 19.1 Å². The molecule has 0 aliphatic heterocycles. The first-order chi connectivity index (χ1) is 15.8. The summed E-state index contributed by atoms with van der Waals surface area (Å²) in [5.74, 6) is -0.563. The maximum Gasteiger partial charge on any atom is 0.280 e. The first-order valence-electron chi connectivity index (χ1n) is 9.87. The standard InChI is InChI=1S/C20H28N4O7S2/c1-14(12-29-3)31-24-18(19(25)23-20-21-11-16(32-20)13-30-4)15-5-7-17(8-6-15)33(26,27)22-9-10-28-2/h5-8,11,14,22H,9-10,12-13H2,1-4H3,(H,21,23,25)/t14-/m1/s1. The van der Waals surface area contributed by atoms with Crippen molar-refractivity contribution in [3.63, 3.8) is 0 Å². The van der Waals surface area contributed by atoms with E-state index in [1.54, 1.807) is 20.2 Å². The third kappa shape index (κ3) is 8.46. The molecule has 0 radical (unpaired) electrons. The summed E-state index contributed by atoms with van der Waals surface area (Å²) in [6.45, 7) is 2.77. The van der Waals surface area contributed by atoms with E-state index in [0.717, 1.165) is 4.88 Å². The minimum absolute atomic E-state index is 0.0416. The van der Waals surface area contributed by atoms with Crippen LogP contribution < -0.4 is 10.0 Å². The fraction of sp³-hybridized carbons (Fsp3) is 0.450. The molecule has 0 aliphatic rings. The Morgan fingerprint density at radius 2 is 1.88 bits per heavy atom. The number of benzene rings is 1. The quantitative estimate of drug-likeness (QED) is 0.227. The molecular formula is C20H28N4O7S2. The number of methoxy groups -OCH3 is 3. The fourth-order valence-electron chi connectivity index (χ4n) is 2.52. The van der Waals surface area contributed by atoms with Crippen LogP contribution in [0.15, 0.2) is 40.5 Å². The average molecular weight is 501 g/mol. The SMILES string of the molecule is COCCNS(=O)(=O)c1ccc(C(=NO[C@H](C)COC)C(=O)Nc2ncc(COC)s2)cc1. The number of nitrogens with zero attached hydrogens (tertiary/aromatic N) is 2. The summed E-state index contributed by atoms with van der Waals surface area (Å²) in [5.41, 5.74) is 0.319. The van der Waals surface area contributed by atoms with Gasteiger partial charge in [-0.15, -0.1) is 0 Å². The van der Waals surface area contributed by atoms with Gasteiger partial charge in [0.1, 0.15) is 6.10 Å². The minimum Gasteiger partial charge on any atom is -0.390 e. The number of nitrogens with one attached hydrogen (secondary N) is 2. The lowest BCUT2D eigenvalue weighted by Crippen LogP contribution is -2.27. The summed E-state index contributed by atoms with van der Waals surface area (Å²) in [6.07, 6.45) is 1.20. The van der Waals surface area contributed by atoms with Crippen LogP contribution in [0.4, 0.5) is 5.13 Å². The Bertz CT molecular complexity index is 1020. The Morgan fingerprint density at radius 1 is 1.15 bits per heavy atom. The smallest absolute Gasteiger partial charge is 0.280 e. The molecule has 2 rings (SSSR count). The van der Waals surface area contributed by atoms with Crippen molar-refractivity contribution in [2.24, 2.45) is 5.16 Å². The minimum atomic E-state index is -3.72. The van der Waals surface area contributed by atoms with E-state index >= 15 is 0 Å². The van der Waals surface area contributed by atoms with Crippen molar-refractivity contribution in [1.82, 2.24) is 9.71 Å². The van der Waals surface area contributed by atoms with Gasteiger partial charge in [-0.25, -0.2) is 18.1 Å². The highest BCUT2D eigenvalue weighted by Gasteiger charge is 2.20. The van der Waals surface area contributed by atoms with Gasteiger partial charge < -0.3 is 19.0 Å². The number of carbonyl (C=O) groups excluding carboxylic acids is 1. The number of sulfonamides is 1. The number of carbonyl (C=O) groups is 1. The van der Waals surface area contributed by atoms with Gasteiger partial charge in [0.2, 0.25) is 10.0 Å². The number of anilines is 1. The second kappa shape index (κ2) is 13.3. The van der Waals surface area contributed by atoms with E-state index in [2.05, 4.69) is 20.2 Å². The maximum absolute atomic E-state index is 12.9. The van der Waals surface area contributed by atoms with Crippen LogP contribution in [-0.4, -0.2) is 72.2 Å². The maximum atomic E-state index is 12.9. The van der Waals surface area contributed by atoms with Crippen LogP contribution in [-0.2, 0) is 40.5 Å². The van der Waals surface area contributed by atoms with Crippen LogP contribution in [0.25, 0.3) is 0 Å². The van der Waals surface area contributed by atoms with E-state index in [-0.39, 0.29) is 30.4 Å². The zero-order valence-corrected chi connectivity index (χ0v) is 20.5. The average Bonchev–Trinajstić information content (AvgIpc) is 3.21. The Labute approximate surface area is 197 Å². The van der Waals surface area contributed by atoms with Crippen LogP contribution in [0.1, 0.15) is 17.4 Å². The molecule has 1 atom stereocenters. The van der Waals surface area contributed by atoms with Crippen molar-refractivity contribution >= 4 is 38.1 Å². The molecule has 2 N–H and O–H groups in total. The fourth-order valence-corrected chi connectivity index (χ4v) is 4.31. The number of hydrogen-bond donors (Lipinski definition) is 2. The van der Waals surface area contributed by atoms with Gasteiger partial charge in [0, 0.05) is 39.6 Å². The van der Waals surface area contributed by atoms with E-state index in [4.69, 9.17) is 19.0 Å². The Balaban J connectivity index is 2.25. The van der Waals surface area contributed by atoms with Gasteiger partial charge in [0.15, 0.2) is 10.8 Å². The number of aromatic nitrogens is 1. The lowest BCUT2D eigenvalue weighted by atomic mass is 10.1. The molecule has 0 aliphatic carbocycles. The van der Waals surface area contributed by atoms with Crippen LogP contribution in [0.3, 0.4) is 0 Å². The Morgan fingerprint density at radius 3 is 2.52 bits per heavy atom. The highest BCUT2D eigenvalue weighted by molar-refractivity contribution is 7.89. The van der Waals surface area contributed by atoms with Crippen molar-refractivity contribution < 1.29 is 32.3 Å². The lowest BCUT2D eigenvalue weighted by Gasteiger charge is -2.12. The molecule has 2 aromatic rings. The molecule has 13 heteroatoms. The Kier molecular flexibility index (Phi) is 10.8. The second-order valence-corrected chi connectivity index (χ2v) is 9.63. The predicted octanol–water partition coefficient (Wildman–Crippen LogP) is 1.61. The van der Waals surface area contributed by atoms with E-state index in [9.17, 15) is 13.2 Å². The monoisotopic (exact) mass is 500 g/mol. The van der Waals surface area contributed by atoms with Crippen LogP contribution in [0.2, 0.25) is 0 Å². The number of thiazole rings is 1. The van der Waals surface area contributed by atoms with Crippen molar-refractivity contribution in [2.45, 2.75) is 24.5 Å². The molecule has 1 aromatic carbocycles. The van der Waals surface area contributed by atoms with Crippen LogP contribution >= 0.6 is 11.3 Å². The molecule has 11 nitrogen and oxygen atoms in total. The van der Waals surface area contributed by atoms with Crippen LogP contribution in [0, 0.1) is 0 Å². The molecule has 33 heavy (non-hydrogen) atoms. The number of rotatable bonds is 14. The molecule has 1 amide bonds. The molecule has 1 aromatic heterocycles. The largest absolute Gasteiger partial charge is 0.390 e. The molecule has 0 spiro atoms. The first-order valence-corrected chi connectivity index (χ1v) is 12.2. The van der Waals surface area contributed by atoms with Gasteiger partial charge in [-0.1, -0.05) is 28.6 Å². The predicted molar refractivity (Wildman–Crippen MR) is 124 cm³/mol. The summed E-state index contributed by atoms with van der Waals surface area (Å²) in [5, 5.41) is 7.05. The Hall–Kier alpha value is -2.42. The zero-order chi connectivity index (χ0) is 24.3. The van der Waals surface area contributed by atoms with Crippen molar-refractivity contribution in [2.75, 3.05) is 46.4 Å². The van der Waals surface area contributed by atoms with Gasteiger partial charge in [0.25, 0.3) is 5.91 Å². The third-order valence-electron chi connectivity index (χ3n) is 4.04. The van der Waals surface area contributed by atoms with E-state index in [0.29, 0.717) is 17.3 Å². The second-order valence-electron chi connectivity index (χ2n) is 6.75. The zero-order valence-electron chi connectivity index (χ0n) is 18.9. The molecule has 0 unspecified atom stereocenters. The lowest BCUT2D eigenvalue weighted by molar-refractivity contribution is -0.110. The van der Waals surface area contributed by atoms with Gasteiger partial charge >= 0.3 is 0 Å². The van der Waals surface area contributed by atoms with E-state index in [1.807, 2.05) is 0 Å². The summed E-state index contributed by atoms with van der Waals surface area (Å²) < 4.78 is 42.1. The number of ether oxygens (including phenoxy) is 3. The number of oxime groups is 1. The van der Waals surface area contributed by atoms with Gasteiger partial charge in [0.05, 0.1) is 29.6 Å². The molecular weight excluding hydrogens is 472 g/mol. The molecule has 182 valence electrons. The molecule has 0 fully saturated rings. The van der Waals surface area contributed by atoms with Crippen molar-refractivity contribution in [3.05, 3.63) is 40.9 Å². The first kappa shape index (κ1) is 26.8. The number of hydrogen-bond acceptors (Lipinski definition) is 10. The van der Waals surface area contributed by atoms with Gasteiger partial charge in [-0.3, -0.25) is 10.1 Å². The summed E-state index contributed by atoms with van der Waals surface area (Å²) in [6, 6.07) is 5.72. The molecule has 1 heterocycles. The summed E-state index contributed by atoms with van der Waals surface area (Å²) >= 11 is 1.26. The highest BCUT2D eigenvalue weighted by Crippen LogP contribution is 2.19. The van der Waals surface area contributed by atoms with E-state index < -0.39 is 22.0 Å².